The monoisotopic (exact) mass is 374 g/mol. The molecule has 3 aliphatic rings. The van der Waals surface area contributed by atoms with E-state index in [-0.39, 0.29) is 5.90 Å². The number of aryl methyl sites for hydroxylation is 1. The molecule has 6 nitrogen and oxygen atoms in total. The molecule has 0 aromatic heterocycles. The summed E-state index contributed by atoms with van der Waals surface area (Å²) < 4.78 is 12.4. The first-order valence-electron chi connectivity index (χ1n) is 9.82. The Labute approximate surface area is 164 Å². The molecule has 1 aromatic rings. The number of nitrogens with one attached hydrogen (secondary N) is 1. The van der Waals surface area contributed by atoms with Gasteiger partial charge in [0.1, 0.15) is 6.10 Å². The summed E-state index contributed by atoms with van der Waals surface area (Å²) in [6.45, 7) is 2.05. The predicted molar refractivity (Wildman–Crippen MR) is 99.5 cm³/mol. The van der Waals surface area contributed by atoms with E-state index in [1.807, 2.05) is 24.3 Å². The minimum absolute atomic E-state index is 0.294. The molecule has 6 heteroatoms. The van der Waals surface area contributed by atoms with Crippen molar-refractivity contribution in [2.45, 2.75) is 57.3 Å². The molecular weight excluding hydrogens is 352 g/mol. The van der Waals surface area contributed by atoms with Crippen molar-refractivity contribution < 1.29 is 9.47 Å². The van der Waals surface area contributed by atoms with Crippen LogP contribution in [0.1, 0.15) is 56.3 Å². The van der Waals surface area contributed by atoms with Crippen molar-refractivity contribution in [1.82, 2.24) is 0 Å². The molecule has 4 atom stereocenters. The Kier molecular flexibility index (Phi) is 4.18. The highest BCUT2D eigenvalue weighted by Crippen LogP contribution is 2.68. The minimum Gasteiger partial charge on any atom is -0.447 e. The summed E-state index contributed by atoms with van der Waals surface area (Å²) in [4.78, 5) is 0. The smallest absolute Gasteiger partial charge is 0.217 e. The van der Waals surface area contributed by atoms with E-state index in [0.29, 0.717) is 18.4 Å². The Balaban J connectivity index is 1.96. The van der Waals surface area contributed by atoms with E-state index in [9.17, 15) is 15.8 Å². The third-order valence-corrected chi connectivity index (χ3v) is 6.76. The Hall–Kier alpha value is -2.88. The maximum atomic E-state index is 10.3. The van der Waals surface area contributed by atoms with Crippen LogP contribution in [0.25, 0.3) is 0 Å². The Morgan fingerprint density at radius 1 is 1.07 bits per heavy atom. The second-order valence-corrected chi connectivity index (χ2v) is 7.94. The zero-order chi connectivity index (χ0) is 20.0. The molecule has 4 rings (SSSR count). The summed E-state index contributed by atoms with van der Waals surface area (Å²) >= 11 is 0. The van der Waals surface area contributed by atoms with E-state index in [1.54, 1.807) is 0 Å². The molecule has 0 spiro atoms. The summed E-state index contributed by atoms with van der Waals surface area (Å²) in [6.07, 6.45) is 3.77. The molecule has 142 valence electrons. The summed E-state index contributed by atoms with van der Waals surface area (Å²) in [6, 6.07) is 14.1. The van der Waals surface area contributed by atoms with Gasteiger partial charge in [-0.3, -0.25) is 5.41 Å². The molecule has 1 saturated carbocycles. The van der Waals surface area contributed by atoms with Gasteiger partial charge in [0.25, 0.3) is 0 Å². The maximum absolute atomic E-state index is 10.3. The van der Waals surface area contributed by atoms with Crippen LogP contribution in [-0.2, 0) is 15.9 Å². The number of nitriles is 3. The molecule has 28 heavy (non-hydrogen) atoms. The van der Waals surface area contributed by atoms with Gasteiger partial charge in [-0.25, -0.2) is 0 Å². The first-order valence-corrected chi connectivity index (χ1v) is 9.82. The van der Waals surface area contributed by atoms with Gasteiger partial charge < -0.3 is 9.47 Å². The number of hydrogen-bond acceptors (Lipinski definition) is 6. The minimum atomic E-state index is -1.85. The molecule has 2 aliphatic heterocycles. The Morgan fingerprint density at radius 3 is 2.39 bits per heavy atom. The fraction of sp³-hybridized carbons (Fsp3) is 0.545. The lowest BCUT2D eigenvalue weighted by atomic mass is 9.52. The average molecular weight is 374 g/mol. The molecule has 0 amide bonds. The summed E-state index contributed by atoms with van der Waals surface area (Å²) in [7, 11) is 0. The fourth-order valence-electron chi connectivity index (χ4n) is 5.27. The zero-order valence-electron chi connectivity index (χ0n) is 15.9. The van der Waals surface area contributed by atoms with Crippen molar-refractivity contribution in [1.29, 1.82) is 21.2 Å². The SMILES string of the molecule is CCc1ccc(C2OC34CCCCCC3C(C#N)(C(=N)O4)C2(C#N)C#N)cc1. The van der Waals surface area contributed by atoms with E-state index < -0.39 is 28.6 Å². The molecule has 1 aliphatic carbocycles. The first kappa shape index (κ1) is 18.5. The summed E-state index contributed by atoms with van der Waals surface area (Å²) in [5.41, 5.74) is -1.68. The van der Waals surface area contributed by atoms with Crippen molar-refractivity contribution in [2.75, 3.05) is 0 Å². The van der Waals surface area contributed by atoms with E-state index in [2.05, 4.69) is 25.1 Å². The summed E-state index contributed by atoms with van der Waals surface area (Å²) in [5, 5.41) is 39.2. The van der Waals surface area contributed by atoms with Crippen molar-refractivity contribution in [3.05, 3.63) is 35.4 Å². The molecular formula is C22H22N4O2. The van der Waals surface area contributed by atoms with Gasteiger partial charge in [-0.1, -0.05) is 44.0 Å². The third kappa shape index (κ3) is 2.06. The topological polar surface area (TPSA) is 114 Å². The zero-order valence-corrected chi connectivity index (χ0v) is 15.9. The van der Waals surface area contributed by atoms with Crippen molar-refractivity contribution >= 4 is 5.90 Å². The number of rotatable bonds is 2. The standard InChI is InChI=1S/C22H22N4O2/c1-2-15-7-9-16(10-8-15)18-20(12-23,13-24)21(14-25)17-6-4-3-5-11-22(17,27-18)28-19(21)26/h7-10,17-18,26H,2-6,11H2,1H3. The lowest BCUT2D eigenvalue weighted by Crippen LogP contribution is -2.59. The molecule has 2 bridgehead atoms. The molecule has 1 N–H and O–H groups in total. The second-order valence-electron chi connectivity index (χ2n) is 7.94. The van der Waals surface area contributed by atoms with Crippen LogP contribution in [0, 0.1) is 56.2 Å². The maximum Gasteiger partial charge on any atom is 0.217 e. The van der Waals surface area contributed by atoms with Gasteiger partial charge in [0.15, 0.2) is 5.41 Å². The van der Waals surface area contributed by atoms with Crippen LogP contribution < -0.4 is 0 Å². The number of ether oxygens (including phenoxy) is 2. The van der Waals surface area contributed by atoms with E-state index in [1.165, 1.54) is 0 Å². The lowest BCUT2D eigenvalue weighted by molar-refractivity contribution is -0.284. The molecule has 3 fully saturated rings. The van der Waals surface area contributed by atoms with Gasteiger partial charge in [0, 0.05) is 6.42 Å². The van der Waals surface area contributed by atoms with Gasteiger partial charge in [-0.2, -0.15) is 15.8 Å². The van der Waals surface area contributed by atoms with Gasteiger partial charge in [-0.05, 0) is 30.4 Å². The van der Waals surface area contributed by atoms with Crippen LogP contribution in [0.3, 0.4) is 0 Å². The van der Waals surface area contributed by atoms with Crippen LogP contribution in [0.2, 0.25) is 0 Å². The second kappa shape index (κ2) is 6.33. The highest BCUT2D eigenvalue weighted by atomic mass is 16.7. The van der Waals surface area contributed by atoms with E-state index in [4.69, 9.17) is 14.9 Å². The van der Waals surface area contributed by atoms with Gasteiger partial charge >= 0.3 is 0 Å². The quantitative estimate of drug-likeness (QED) is 0.835. The molecule has 0 radical (unpaired) electrons. The number of benzene rings is 1. The van der Waals surface area contributed by atoms with Crippen LogP contribution in [-0.4, -0.2) is 11.7 Å². The normalized spacial score (nSPS) is 35.4. The van der Waals surface area contributed by atoms with Crippen molar-refractivity contribution in [3.8, 4) is 18.2 Å². The van der Waals surface area contributed by atoms with E-state index >= 15 is 0 Å². The van der Waals surface area contributed by atoms with Gasteiger partial charge in [0.05, 0.1) is 24.1 Å². The lowest BCUT2D eigenvalue weighted by Gasteiger charge is -2.49. The highest BCUT2D eigenvalue weighted by molar-refractivity contribution is 5.89. The predicted octanol–water partition coefficient (Wildman–Crippen LogP) is 4.15. The Morgan fingerprint density at radius 2 is 1.79 bits per heavy atom. The summed E-state index contributed by atoms with van der Waals surface area (Å²) in [5.74, 6) is -1.91. The van der Waals surface area contributed by atoms with Crippen molar-refractivity contribution in [2.24, 2.45) is 16.7 Å². The van der Waals surface area contributed by atoms with Crippen molar-refractivity contribution in [3.63, 3.8) is 0 Å². The first-order chi connectivity index (χ1) is 13.5. The number of hydrogen-bond donors (Lipinski definition) is 1. The fourth-order valence-corrected chi connectivity index (χ4v) is 5.27. The highest BCUT2D eigenvalue weighted by Gasteiger charge is 2.80. The Bertz CT molecular complexity index is 921. The van der Waals surface area contributed by atoms with Crippen LogP contribution in [0.4, 0.5) is 0 Å². The molecule has 4 unspecified atom stereocenters. The number of nitrogens with zero attached hydrogens (tertiary/aromatic N) is 3. The van der Waals surface area contributed by atoms with E-state index in [0.717, 1.165) is 31.2 Å². The van der Waals surface area contributed by atoms with Crippen LogP contribution in [0.5, 0.6) is 0 Å². The molecule has 2 heterocycles. The van der Waals surface area contributed by atoms with Crippen LogP contribution in [0.15, 0.2) is 24.3 Å². The third-order valence-electron chi connectivity index (χ3n) is 6.76. The average Bonchev–Trinajstić information content (AvgIpc) is 2.86. The van der Waals surface area contributed by atoms with Gasteiger partial charge in [-0.15, -0.1) is 0 Å². The molecule has 1 aromatic carbocycles. The molecule has 2 saturated heterocycles. The van der Waals surface area contributed by atoms with Crippen LogP contribution >= 0.6 is 0 Å². The van der Waals surface area contributed by atoms with Gasteiger partial charge in [0.2, 0.25) is 17.1 Å². The largest absolute Gasteiger partial charge is 0.447 e.